The third-order valence-electron chi connectivity index (χ3n) is 1.49. The first-order chi connectivity index (χ1) is 6.15. The highest BCUT2D eigenvalue weighted by Crippen LogP contribution is 2.23. The second-order valence-electron chi connectivity index (χ2n) is 2.41. The lowest BCUT2D eigenvalue weighted by molar-refractivity contribution is 0.592. The molecule has 0 aliphatic carbocycles. The average Bonchev–Trinajstić information content (AvgIpc) is 2.21. The second-order valence-corrected chi connectivity index (χ2v) is 3.62. The van der Waals surface area contributed by atoms with Crippen LogP contribution in [0, 0.1) is 0 Å². The Labute approximate surface area is 80.1 Å². The molecule has 72 valence electrons. The summed E-state index contributed by atoms with van der Waals surface area (Å²) in [6, 6.07) is 0. The Kier molecular flexibility index (Phi) is 3.48. The number of allylic oxidation sites excluding steroid dienone is 3. The summed E-state index contributed by atoms with van der Waals surface area (Å²) in [5.74, 6) is -0.467. The van der Waals surface area contributed by atoms with Crippen LogP contribution in [0.4, 0.5) is 8.78 Å². The van der Waals surface area contributed by atoms with Crippen LogP contribution in [0.1, 0.15) is 13.8 Å². The highest BCUT2D eigenvalue weighted by atomic mass is 32.2. The maximum atomic E-state index is 13.1. The highest BCUT2D eigenvalue weighted by molar-refractivity contribution is 7.97. The number of nitrogens with zero attached hydrogens (tertiary/aromatic N) is 2. The Hall–Kier alpha value is -0.840. The quantitative estimate of drug-likeness (QED) is 0.642. The molecule has 0 unspecified atom stereocenters. The normalized spacial score (nSPS) is 17.5. The Balaban J connectivity index is 2.87. The number of hydrogen-bond donors (Lipinski definition) is 0. The Morgan fingerprint density at radius 3 is 2.85 bits per heavy atom. The summed E-state index contributed by atoms with van der Waals surface area (Å²) in [5.41, 5.74) is -0.0112. The van der Waals surface area contributed by atoms with Crippen molar-refractivity contribution in [3.8, 4) is 0 Å². The van der Waals surface area contributed by atoms with Gasteiger partial charge in [0.05, 0.1) is 12.4 Å². The molecule has 0 saturated carbocycles. The lowest BCUT2D eigenvalue weighted by atomic mass is 10.2. The lowest BCUT2D eigenvalue weighted by Gasteiger charge is -2.09. The summed E-state index contributed by atoms with van der Waals surface area (Å²) in [7, 11) is 0. The Bertz CT molecular complexity index is 284. The molecule has 5 heteroatoms. The molecule has 0 aromatic rings. The predicted octanol–water partition coefficient (Wildman–Crippen LogP) is 3.01. The first-order valence-electron chi connectivity index (χ1n) is 3.85. The van der Waals surface area contributed by atoms with E-state index in [1.54, 1.807) is 0 Å². The molecule has 0 fully saturated rings. The van der Waals surface area contributed by atoms with Crippen LogP contribution < -0.4 is 0 Å². The van der Waals surface area contributed by atoms with E-state index in [2.05, 4.69) is 5.10 Å². The minimum absolute atomic E-state index is 0.0112. The summed E-state index contributed by atoms with van der Waals surface area (Å²) < 4.78 is 27.3. The third-order valence-corrected chi connectivity index (χ3v) is 2.21. The molecule has 0 spiro atoms. The first kappa shape index (κ1) is 10.2. The molecule has 1 aliphatic rings. The van der Waals surface area contributed by atoms with Gasteiger partial charge in [0.25, 0.3) is 0 Å². The molecule has 0 atom stereocenters. The van der Waals surface area contributed by atoms with E-state index in [0.29, 0.717) is 0 Å². The fourth-order valence-electron chi connectivity index (χ4n) is 0.748. The van der Waals surface area contributed by atoms with Gasteiger partial charge >= 0.3 is 0 Å². The van der Waals surface area contributed by atoms with E-state index in [1.165, 1.54) is 29.5 Å². The second kappa shape index (κ2) is 4.41. The van der Waals surface area contributed by atoms with E-state index < -0.39 is 11.7 Å². The first-order valence-corrected chi connectivity index (χ1v) is 4.79. The monoisotopic (exact) mass is 204 g/mol. The minimum atomic E-state index is -0.632. The van der Waals surface area contributed by atoms with Gasteiger partial charge in [-0.1, -0.05) is 6.92 Å². The molecule has 0 aromatic heterocycles. The largest absolute Gasteiger partial charge is 0.211 e. The molecule has 0 saturated heterocycles. The molecule has 1 heterocycles. The maximum absolute atomic E-state index is 13.1. The van der Waals surface area contributed by atoms with Gasteiger partial charge in [0.2, 0.25) is 0 Å². The highest BCUT2D eigenvalue weighted by Gasteiger charge is 2.11. The molecule has 0 amide bonds. The molecule has 0 N–H and O–H groups in total. The summed E-state index contributed by atoms with van der Waals surface area (Å²) in [6.07, 6.45) is 2.19. The van der Waals surface area contributed by atoms with E-state index >= 15 is 0 Å². The molecular formula is C8H10F2N2S. The molecule has 13 heavy (non-hydrogen) atoms. The topological polar surface area (TPSA) is 15.6 Å². The minimum Gasteiger partial charge on any atom is -0.211 e. The van der Waals surface area contributed by atoms with Gasteiger partial charge in [-0.2, -0.15) is 5.10 Å². The standard InChI is InChI=1S/C8H10F2N2S/c1-3-13-12-5-8(10)6(2)7(9)4-11-12/h4-5H,3H2,1-2H3. The molecule has 0 radical (unpaired) electrons. The Morgan fingerprint density at radius 1 is 1.54 bits per heavy atom. The smallest absolute Gasteiger partial charge is 0.149 e. The van der Waals surface area contributed by atoms with Crippen LogP contribution in [0.3, 0.4) is 0 Å². The molecule has 0 bridgehead atoms. The maximum Gasteiger partial charge on any atom is 0.149 e. The molecular weight excluding hydrogens is 194 g/mol. The summed E-state index contributed by atoms with van der Waals surface area (Å²) in [5, 5.41) is 3.72. The van der Waals surface area contributed by atoms with Gasteiger partial charge in [-0.3, -0.25) is 0 Å². The van der Waals surface area contributed by atoms with Crippen molar-refractivity contribution in [2.45, 2.75) is 13.8 Å². The molecule has 2 nitrogen and oxygen atoms in total. The van der Waals surface area contributed by atoms with E-state index in [1.807, 2.05) is 6.92 Å². The van der Waals surface area contributed by atoms with E-state index in [0.717, 1.165) is 12.0 Å². The van der Waals surface area contributed by atoms with Gasteiger partial charge in [-0.25, -0.2) is 13.2 Å². The summed E-state index contributed by atoms with van der Waals surface area (Å²) >= 11 is 1.30. The predicted molar refractivity (Wildman–Crippen MR) is 51.5 cm³/mol. The third kappa shape index (κ3) is 2.55. The zero-order valence-corrected chi connectivity index (χ0v) is 8.24. The molecule has 1 rings (SSSR count). The molecule has 1 aliphatic heterocycles. The number of halogens is 2. The van der Waals surface area contributed by atoms with Crippen LogP contribution in [0.2, 0.25) is 0 Å². The Morgan fingerprint density at radius 2 is 2.23 bits per heavy atom. The van der Waals surface area contributed by atoms with Crippen LogP contribution in [0.25, 0.3) is 0 Å². The SMILES string of the molecule is CCSN1C=C(F)C(C)=C(F)C=N1. The number of hydrogen-bond acceptors (Lipinski definition) is 3. The van der Waals surface area contributed by atoms with Crippen LogP contribution >= 0.6 is 11.9 Å². The zero-order chi connectivity index (χ0) is 9.84. The van der Waals surface area contributed by atoms with Crippen LogP contribution in [-0.4, -0.2) is 16.4 Å². The van der Waals surface area contributed by atoms with Crippen molar-refractivity contribution in [3.63, 3.8) is 0 Å². The lowest BCUT2D eigenvalue weighted by Crippen LogP contribution is -1.98. The van der Waals surface area contributed by atoms with Crippen LogP contribution in [-0.2, 0) is 0 Å². The average molecular weight is 204 g/mol. The van der Waals surface area contributed by atoms with Gasteiger partial charge in [-0.15, -0.1) is 0 Å². The summed E-state index contributed by atoms with van der Waals surface area (Å²) in [6.45, 7) is 3.29. The van der Waals surface area contributed by atoms with E-state index in [9.17, 15) is 8.78 Å². The number of hydrazone groups is 1. The van der Waals surface area contributed by atoms with Crippen molar-refractivity contribution in [1.29, 1.82) is 0 Å². The zero-order valence-electron chi connectivity index (χ0n) is 7.42. The van der Waals surface area contributed by atoms with Crippen molar-refractivity contribution in [2.75, 3.05) is 5.75 Å². The van der Waals surface area contributed by atoms with Gasteiger partial charge in [0.15, 0.2) is 0 Å². The van der Waals surface area contributed by atoms with Gasteiger partial charge in [0.1, 0.15) is 11.7 Å². The van der Waals surface area contributed by atoms with E-state index in [4.69, 9.17) is 0 Å². The van der Waals surface area contributed by atoms with Gasteiger partial charge < -0.3 is 0 Å². The van der Waals surface area contributed by atoms with Crippen molar-refractivity contribution in [3.05, 3.63) is 23.4 Å². The van der Waals surface area contributed by atoms with Crippen molar-refractivity contribution in [2.24, 2.45) is 5.10 Å². The van der Waals surface area contributed by atoms with Crippen molar-refractivity contribution in [1.82, 2.24) is 4.41 Å². The van der Waals surface area contributed by atoms with Crippen molar-refractivity contribution < 1.29 is 8.78 Å². The van der Waals surface area contributed by atoms with E-state index in [-0.39, 0.29) is 5.57 Å². The molecule has 0 aromatic carbocycles. The summed E-state index contributed by atoms with van der Waals surface area (Å²) in [4.78, 5) is 0. The fraction of sp³-hybridized carbons (Fsp3) is 0.375. The van der Waals surface area contributed by atoms with Crippen LogP contribution in [0.5, 0.6) is 0 Å². The van der Waals surface area contributed by atoms with Gasteiger partial charge in [0, 0.05) is 11.3 Å². The fourth-order valence-corrected chi connectivity index (χ4v) is 1.29. The van der Waals surface area contributed by atoms with Crippen molar-refractivity contribution >= 4 is 18.2 Å². The van der Waals surface area contributed by atoms with Crippen LogP contribution in [0.15, 0.2) is 28.5 Å². The number of rotatable bonds is 2. The van der Waals surface area contributed by atoms with Gasteiger partial charge in [-0.05, 0) is 18.9 Å².